The van der Waals surface area contributed by atoms with Crippen molar-refractivity contribution < 1.29 is 0 Å². The molecule has 2 aromatic heterocycles. The molecule has 40 heavy (non-hydrogen) atoms. The molecular formula is C26H18Cl8N4S2. The van der Waals surface area contributed by atoms with Crippen LogP contribution in [-0.4, -0.2) is 20.4 Å². The predicted octanol–water partition coefficient (Wildman–Crippen LogP) is 12.9. The molecule has 0 saturated heterocycles. The number of unbranched alkanes of at least 4 members (excludes halogenated alkanes) is 2. The lowest BCUT2D eigenvalue weighted by molar-refractivity contribution is 0.780. The zero-order valence-electron chi connectivity index (χ0n) is 20.9. The Balaban J connectivity index is 1.82. The molecule has 0 radical (unpaired) electrons. The molecule has 0 saturated carbocycles. The van der Waals surface area contributed by atoms with E-state index in [0.717, 1.165) is 48.5 Å². The van der Waals surface area contributed by atoms with Gasteiger partial charge in [0.1, 0.15) is 10.0 Å². The van der Waals surface area contributed by atoms with Crippen LogP contribution in [0.15, 0.2) is 0 Å². The minimum atomic E-state index is 0.146. The third-order valence-corrected chi connectivity index (χ3v) is 11.6. The number of benzene rings is 3. The minimum absolute atomic E-state index is 0.146. The fourth-order valence-corrected chi connectivity index (χ4v) is 9.36. The van der Waals surface area contributed by atoms with Crippen molar-refractivity contribution in [3.8, 4) is 21.1 Å². The van der Waals surface area contributed by atoms with Crippen LogP contribution in [0, 0.1) is 0 Å². The van der Waals surface area contributed by atoms with Crippen LogP contribution in [0.5, 0.6) is 0 Å². The van der Waals surface area contributed by atoms with Gasteiger partial charge in [0.15, 0.2) is 10.0 Å². The van der Waals surface area contributed by atoms with Gasteiger partial charge in [0, 0.05) is 34.4 Å². The molecular weight excluding hydrogens is 716 g/mol. The van der Waals surface area contributed by atoms with E-state index in [-0.39, 0.29) is 40.2 Å². The van der Waals surface area contributed by atoms with E-state index in [1.165, 1.54) is 22.7 Å². The van der Waals surface area contributed by atoms with Crippen LogP contribution >= 0.6 is 115 Å². The summed E-state index contributed by atoms with van der Waals surface area (Å²) in [7, 11) is 0. The number of halogens is 8. The summed E-state index contributed by atoms with van der Waals surface area (Å²) in [5.41, 5.74) is 0.832. The topological polar surface area (TPSA) is 51.6 Å². The standard InChI is InChI=1S/C26H18Cl8N4S2/c1-3-5-7-9-35-37-25(39-9)15-19(29)11-13(21(31)23(15)33)18(28)14-12(17(11)27)20(30)16(24(34)22(14)32)26-38-36-10(40-26)8-6-4-2/h3-8H2,1-2H3. The van der Waals surface area contributed by atoms with E-state index >= 15 is 0 Å². The quantitative estimate of drug-likeness (QED) is 0.118. The molecule has 0 fully saturated rings. The van der Waals surface area contributed by atoms with Crippen molar-refractivity contribution in [2.75, 3.05) is 0 Å². The Morgan fingerprint density at radius 2 is 0.800 bits per heavy atom. The van der Waals surface area contributed by atoms with Gasteiger partial charge in [-0.05, 0) is 12.8 Å². The van der Waals surface area contributed by atoms with Crippen LogP contribution in [0.3, 0.4) is 0 Å². The fourth-order valence-electron chi connectivity index (χ4n) is 4.34. The van der Waals surface area contributed by atoms with E-state index in [9.17, 15) is 0 Å². The molecule has 2 heterocycles. The smallest absolute Gasteiger partial charge is 0.143 e. The Morgan fingerprint density at radius 1 is 0.450 bits per heavy atom. The Bertz CT molecular complexity index is 1660. The maximum absolute atomic E-state index is 7.08. The van der Waals surface area contributed by atoms with Gasteiger partial charge in [0.05, 0.1) is 51.3 Å². The number of fused-ring (bicyclic) bond motifs is 2. The molecule has 0 N–H and O–H groups in total. The lowest BCUT2D eigenvalue weighted by Gasteiger charge is -2.19. The number of aromatic nitrogens is 4. The summed E-state index contributed by atoms with van der Waals surface area (Å²) in [5.74, 6) is 0. The monoisotopic (exact) mass is 730 g/mol. The summed E-state index contributed by atoms with van der Waals surface area (Å²) in [6.07, 6.45) is 5.64. The third kappa shape index (κ3) is 5.29. The van der Waals surface area contributed by atoms with Crippen molar-refractivity contribution in [1.29, 1.82) is 0 Å². The number of nitrogens with zero attached hydrogens (tertiary/aromatic N) is 4. The van der Waals surface area contributed by atoms with E-state index in [1.54, 1.807) is 0 Å². The largest absolute Gasteiger partial charge is 0.150 e. The van der Waals surface area contributed by atoms with E-state index < -0.39 is 0 Å². The molecule has 0 aliphatic carbocycles. The first kappa shape index (κ1) is 31.1. The summed E-state index contributed by atoms with van der Waals surface area (Å²) < 4.78 is 0. The van der Waals surface area contributed by atoms with Gasteiger partial charge in [-0.3, -0.25) is 0 Å². The van der Waals surface area contributed by atoms with Crippen molar-refractivity contribution in [1.82, 2.24) is 20.4 Å². The molecule has 0 bridgehead atoms. The third-order valence-electron chi connectivity index (χ3n) is 6.37. The minimum Gasteiger partial charge on any atom is -0.143 e. The van der Waals surface area contributed by atoms with Crippen molar-refractivity contribution in [3.63, 3.8) is 0 Å². The van der Waals surface area contributed by atoms with Gasteiger partial charge in [0.2, 0.25) is 0 Å². The highest BCUT2D eigenvalue weighted by molar-refractivity contribution is 7.15. The Hall–Kier alpha value is -0.380. The Labute approximate surface area is 278 Å². The van der Waals surface area contributed by atoms with Crippen molar-refractivity contribution in [2.24, 2.45) is 0 Å². The van der Waals surface area contributed by atoms with Crippen LogP contribution in [0.25, 0.3) is 42.7 Å². The molecule has 0 amide bonds. The number of hydrogen-bond acceptors (Lipinski definition) is 6. The van der Waals surface area contributed by atoms with Gasteiger partial charge in [0.25, 0.3) is 0 Å². The molecule has 0 unspecified atom stereocenters. The first-order valence-corrected chi connectivity index (χ1v) is 16.9. The molecule has 5 rings (SSSR count). The summed E-state index contributed by atoms with van der Waals surface area (Å²) in [4.78, 5) is 0. The van der Waals surface area contributed by atoms with E-state index in [2.05, 4.69) is 34.2 Å². The van der Waals surface area contributed by atoms with Gasteiger partial charge in [-0.1, -0.05) is 142 Å². The van der Waals surface area contributed by atoms with Crippen molar-refractivity contribution in [2.45, 2.75) is 52.4 Å². The van der Waals surface area contributed by atoms with Gasteiger partial charge in [-0.25, -0.2) is 0 Å². The van der Waals surface area contributed by atoms with Crippen molar-refractivity contribution >= 4 is 137 Å². The molecule has 0 aliphatic heterocycles. The van der Waals surface area contributed by atoms with Crippen LogP contribution in [0.2, 0.25) is 40.2 Å². The second kappa shape index (κ2) is 12.7. The predicted molar refractivity (Wildman–Crippen MR) is 177 cm³/mol. The van der Waals surface area contributed by atoms with E-state index in [4.69, 9.17) is 92.8 Å². The van der Waals surface area contributed by atoms with Gasteiger partial charge in [-0.2, -0.15) is 0 Å². The first-order valence-electron chi connectivity index (χ1n) is 12.2. The molecule has 14 heteroatoms. The van der Waals surface area contributed by atoms with Gasteiger partial charge in [-0.15, -0.1) is 20.4 Å². The molecule has 0 atom stereocenters. The highest BCUT2D eigenvalue weighted by Gasteiger charge is 2.30. The Morgan fingerprint density at radius 3 is 1.15 bits per heavy atom. The second-order valence-corrected chi connectivity index (χ2v) is 14.1. The van der Waals surface area contributed by atoms with Crippen LogP contribution in [-0.2, 0) is 12.8 Å². The molecule has 4 nitrogen and oxygen atoms in total. The maximum atomic E-state index is 7.08. The summed E-state index contributed by atoms with van der Waals surface area (Å²) >= 11 is 58.0. The average molecular weight is 734 g/mol. The average Bonchev–Trinajstić information content (AvgIpc) is 3.59. The first-order chi connectivity index (χ1) is 19.1. The summed E-state index contributed by atoms with van der Waals surface area (Å²) in [6.45, 7) is 4.22. The van der Waals surface area contributed by atoms with Crippen molar-refractivity contribution in [3.05, 3.63) is 50.2 Å². The van der Waals surface area contributed by atoms with Gasteiger partial charge < -0.3 is 0 Å². The highest BCUT2D eigenvalue weighted by Crippen LogP contribution is 2.57. The lowest BCUT2D eigenvalue weighted by atomic mass is 9.99. The SMILES string of the molecule is CCCCc1nnc(-c2c(Cl)c(Cl)c3c(Cl)c4c(Cl)c(Cl)c(-c5nnc(CCCC)s5)c(Cl)c4c(Cl)c3c2Cl)s1. The zero-order chi connectivity index (χ0) is 28.9. The molecule has 5 aromatic rings. The summed E-state index contributed by atoms with van der Waals surface area (Å²) in [6, 6.07) is 0. The molecule has 210 valence electrons. The van der Waals surface area contributed by atoms with Gasteiger partial charge >= 0.3 is 0 Å². The second-order valence-electron chi connectivity index (χ2n) is 8.97. The van der Waals surface area contributed by atoms with Crippen LogP contribution in [0.1, 0.15) is 49.5 Å². The fraction of sp³-hybridized carbons (Fsp3) is 0.308. The van der Waals surface area contributed by atoms with E-state index in [0.29, 0.717) is 42.7 Å². The number of hydrogen-bond donors (Lipinski definition) is 0. The van der Waals surface area contributed by atoms with Crippen LogP contribution < -0.4 is 0 Å². The maximum Gasteiger partial charge on any atom is 0.150 e. The summed E-state index contributed by atoms with van der Waals surface area (Å²) in [5, 5.41) is 22.8. The molecule has 0 aliphatic rings. The molecule has 0 spiro atoms. The van der Waals surface area contributed by atoms with E-state index in [1.807, 2.05) is 0 Å². The zero-order valence-corrected chi connectivity index (χ0v) is 28.6. The van der Waals surface area contributed by atoms with Crippen LogP contribution in [0.4, 0.5) is 0 Å². The lowest BCUT2D eigenvalue weighted by Crippen LogP contribution is -1.94. The Kier molecular flexibility index (Phi) is 9.86. The normalized spacial score (nSPS) is 11.8. The number of rotatable bonds is 8. The highest BCUT2D eigenvalue weighted by atomic mass is 35.5. The number of aryl methyl sites for hydroxylation is 2. The molecule has 3 aromatic carbocycles.